The molecule has 0 aromatic rings. The average Bonchev–Trinajstić information content (AvgIpc) is 1.54. The molecule has 76 valence electrons. The Kier molecular flexibility index (Phi) is 6.42. The van der Waals surface area contributed by atoms with Gasteiger partial charge >= 0.3 is 20.8 Å². The smallest absolute Gasteiger partial charge is 0.264 e. The summed E-state index contributed by atoms with van der Waals surface area (Å²) < 4.78 is 62.2. The molecule has 0 spiro atoms. The summed E-state index contributed by atoms with van der Waals surface area (Å²) in [5, 5.41) is 0. The van der Waals surface area contributed by atoms with Crippen molar-refractivity contribution >= 4 is 20.8 Å². The van der Waals surface area contributed by atoms with Gasteiger partial charge < -0.3 is 0 Å². The van der Waals surface area contributed by atoms with Crippen LogP contribution in [0.3, 0.4) is 0 Å². The highest BCUT2D eigenvalue weighted by Gasteiger charge is 1.98. The second-order valence-electron chi connectivity index (χ2n) is 1.28. The van der Waals surface area contributed by atoms with Crippen LogP contribution in [-0.2, 0) is 25.0 Å². The maximum atomic E-state index is 9.56. The van der Waals surface area contributed by atoms with Gasteiger partial charge in [0.05, 0.1) is 6.61 Å². The van der Waals surface area contributed by atoms with Gasteiger partial charge in [0, 0.05) is 0 Å². The maximum absolute atomic E-state index is 9.56. The van der Waals surface area contributed by atoms with Crippen LogP contribution in [-0.4, -0.2) is 37.1 Å². The zero-order valence-corrected chi connectivity index (χ0v) is 7.54. The van der Waals surface area contributed by atoms with Crippen molar-refractivity contribution in [2.75, 3.05) is 6.61 Å². The predicted molar refractivity (Wildman–Crippen MR) is 37.4 cm³/mol. The van der Waals surface area contributed by atoms with Crippen molar-refractivity contribution in [1.82, 2.24) is 0 Å². The Morgan fingerprint density at radius 2 is 1.33 bits per heavy atom. The lowest BCUT2D eigenvalue weighted by molar-refractivity contribution is 0.283. The fourth-order valence-electron chi connectivity index (χ4n) is 0.149. The molecule has 0 unspecified atom stereocenters. The van der Waals surface area contributed by atoms with Crippen molar-refractivity contribution < 1.29 is 34.7 Å². The summed E-state index contributed by atoms with van der Waals surface area (Å²) in [4.78, 5) is 0. The van der Waals surface area contributed by atoms with Gasteiger partial charge in [-0.05, 0) is 6.92 Å². The SMILES string of the molecule is CCOS(=O)(=O)O.O=S(=O)(O)O. The molecule has 0 saturated heterocycles. The van der Waals surface area contributed by atoms with Gasteiger partial charge in [-0.1, -0.05) is 0 Å². The molecule has 0 aromatic carbocycles. The zero-order valence-electron chi connectivity index (χ0n) is 5.91. The van der Waals surface area contributed by atoms with Crippen LogP contribution in [0.4, 0.5) is 0 Å². The second-order valence-corrected chi connectivity index (χ2v) is 3.27. The molecule has 0 aliphatic rings. The molecule has 0 radical (unpaired) electrons. The highest BCUT2D eigenvalue weighted by atomic mass is 32.3. The first-order valence-electron chi connectivity index (χ1n) is 2.38. The molecule has 0 aliphatic carbocycles. The van der Waals surface area contributed by atoms with Gasteiger partial charge in [-0.15, -0.1) is 0 Å². The Balaban J connectivity index is 0. The van der Waals surface area contributed by atoms with Crippen molar-refractivity contribution in [3.8, 4) is 0 Å². The average molecular weight is 224 g/mol. The Hall–Kier alpha value is -0.260. The normalized spacial score (nSPS) is 11.7. The summed E-state index contributed by atoms with van der Waals surface area (Å²) in [6.45, 7) is 1.44. The first-order valence-corrected chi connectivity index (χ1v) is 5.14. The fourth-order valence-corrected chi connectivity index (χ4v) is 0.447. The minimum atomic E-state index is -4.67. The van der Waals surface area contributed by atoms with Gasteiger partial charge in [-0.3, -0.25) is 13.7 Å². The van der Waals surface area contributed by atoms with Crippen molar-refractivity contribution in [3.05, 3.63) is 0 Å². The van der Waals surface area contributed by atoms with E-state index in [9.17, 15) is 8.42 Å². The third-order valence-electron chi connectivity index (χ3n) is 0.267. The predicted octanol–water partition coefficient (Wildman–Crippen LogP) is -0.827. The molecule has 0 saturated carbocycles. The van der Waals surface area contributed by atoms with Crippen molar-refractivity contribution in [2.45, 2.75) is 6.92 Å². The monoisotopic (exact) mass is 224 g/mol. The molecule has 0 rings (SSSR count). The van der Waals surface area contributed by atoms with E-state index in [0.717, 1.165) is 0 Å². The van der Waals surface area contributed by atoms with Crippen molar-refractivity contribution in [1.29, 1.82) is 0 Å². The first kappa shape index (κ1) is 14.3. The molecule has 0 aliphatic heterocycles. The van der Waals surface area contributed by atoms with Gasteiger partial charge in [-0.2, -0.15) is 16.8 Å². The Labute approximate surface area is 69.7 Å². The van der Waals surface area contributed by atoms with Crippen LogP contribution in [0.2, 0.25) is 0 Å². The van der Waals surface area contributed by atoms with E-state index in [1.807, 2.05) is 0 Å². The molecule has 10 heteroatoms. The van der Waals surface area contributed by atoms with E-state index in [4.69, 9.17) is 22.1 Å². The lowest BCUT2D eigenvalue weighted by atomic mass is 10.9. The molecule has 0 amide bonds. The van der Waals surface area contributed by atoms with E-state index in [2.05, 4.69) is 4.18 Å². The standard InChI is InChI=1S/C2H6O4S.H2O4S/c1-2-6-7(3,4)5;1-5(2,3)4/h2H2,1H3,(H,3,4,5);(H2,1,2,3,4). The summed E-state index contributed by atoms with van der Waals surface area (Å²) >= 11 is 0. The molecular formula is C2H8O8S2. The summed E-state index contributed by atoms with van der Waals surface area (Å²) in [5.41, 5.74) is 0. The molecule has 8 nitrogen and oxygen atoms in total. The van der Waals surface area contributed by atoms with E-state index in [1.54, 1.807) is 0 Å². The molecule has 12 heavy (non-hydrogen) atoms. The lowest BCUT2D eigenvalue weighted by Crippen LogP contribution is -2.01. The van der Waals surface area contributed by atoms with Gasteiger partial charge in [0.1, 0.15) is 0 Å². The fraction of sp³-hybridized carbons (Fsp3) is 1.00. The summed E-state index contributed by atoms with van der Waals surface area (Å²) in [6.07, 6.45) is 0. The summed E-state index contributed by atoms with van der Waals surface area (Å²) in [6, 6.07) is 0. The van der Waals surface area contributed by atoms with Crippen LogP contribution in [0.25, 0.3) is 0 Å². The number of hydrogen-bond donors (Lipinski definition) is 3. The third-order valence-corrected chi connectivity index (χ3v) is 0.800. The minimum absolute atomic E-state index is 0.0289. The summed E-state index contributed by atoms with van der Waals surface area (Å²) in [5.74, 6) is 0. The largest absolute Gasteiger partial charge is 0.397 e. The van der Waals surface area contributed by atoms with E-state index in [-0.39, 0.29) is 6.61 Å². The molecule has 0 bridgehead atoms. The molecule has 3 N–H and O–H groups in total. The molecule has 0 aromatic heterocycles. The lowest BCUT2D eigenvalue weighted by Gasteiger charge is -1.88. The zero-order chi connectivity index (χ0) is 10.4. The highest BCUT2D eigenvalue weighted by Crippen LogP contribution is 1.81. The topological polar surface area (TPSA) is 138 Å². The molecule has 0 heterocycles. The van der Waals surface area contributed by atoms with Gasteiger partial charge in [0.2, 0.25) is 0 Å². The minimum Gasteiger partial charge on any atom is -0.264 e. The second kappa shape index (κ2) is 5.40. The van der Waals surface area contributed by atoms with Crippen molar-refractivity contribution in [3.63, 3.8) is 0 Å². The van der Waals surface area contributed by atoms with Gasteiger partial charge in [-0.25, -0.2) is 4.18 Å². The van der Waals surface area contributed by atoms with Crippen LogP contribution in [0.15, 0.2) is 0 Å². The van der Waals surface area contributed by atoms with Crippen LogP contribution in [0, 0.1) is 0 Å². The first-order chi connectivity index (χ1) is 5.06. The maximum Gasteiger partial charge on any atom is 0.397 e. The number of rotatable bonds is 2. The van der Waals surface area contributed by atoms with E-state index in [1.165, 1.54) is 6.92 Å². The van der Waals surface area contributed by atoms with Crippen LogP contribution in [0.1, 0.15) is 6.92 Å². The van der Waals surface area contributed by atoms with Crippen LogP contribution in [0.5, 0.6) is 0 Å². The Morgan fingerprint density at radius 1 is 1.08 bits per heavy atom. The quantitative estimate of drug-likeness (QED) is 0.516. The summed E-state index contributed by atoms with van der Waals surface area (Å²) in [7, 11) is -8.84. The number of hydrogen-bond acceptors (Lipinski definition) is 5. The molecule has 0 fully saturated rings. The van der Waals surface area contributed by atoms with E-state index < -0.39 is 20.8 Å². The third kappa shape index (κ3) is 53.2. The van der Waals surface area contributed by atoms with Gasteiger partial charge in [0.25, 0.3) is 0 Å². The van der Waals surface area contributed by atoms with Crippen LogP contribution < -0.4 is 0 Å². The molecule has 0 atom stereocenters. The molecular weight excluding hydrogens is 216 g/mol. The van der Waals surface area contributed by atoms with Gasteiger partial charge in [0.15, 0.2) is 0 Å². The van der Waals surface area contributed by atoms with Crippen molar-refractivity contribution in [2.24, 2.45) is 0 Å². The van der Waals surface area contributed by atoms with E-state index in [0.29, 0.717) is 0 Å². The Bertz CT molecular complexity index is 275. The Morgan fingerprint density at radius 3 is 1.33 bits per heavy atom. The van der Waals surface area contributed by atoms with E-state index >= 15 is 0 Å². The highest BCUT2D eigenvalue weighted by molar-refractivity contribution is 7.80. The van der Waals surface area contributed by atoms with Crippen LogP contribution >= 0.6 is 0 Å².